The molecule has 0 bridgehead atoms. The fourth-order valence-electron chi connectivity index (χ4n) is 2.15. The molecule has 7 heteroatoms. The van der Waals surface area contributed by atoms with E-state index in [9.17, 15) is 8.42 Å². The van der Waals surface area contributed by atoms with E-state index in [-0.39, 0.29) is 4.90 Å². The van der Waals surface area contributed by atoms with Crippen LogP contribution in [-0.2, 0) is 16.4 Å². The van der Waals surface area contributed by atoms with Crippen molar-refractivity contribution in [2.24, 2.45) is 0 Å². The topological polar surface area (TPSA) is 85.1 Å². The molecule has 0 spiro atoms. The van der Waals surface area contributed by atoms with Crippen LogP contribution in [0.2, 0.25) is 0 Å². The van der Waals surface area contributed by atoms with E-state index < -0.39 is 10.0 Å². The second-order valence-corrected chi connectivity index (χ2v) is 6.67. The second kappa shape index (κ2) is 6.21. The molecule has 1 aromatic heterocycles. The Hall–Kier alpha value is -2.67. The van der Waals surface area contributed by atoms with Gasteiger partial charge < -0.3 is 4.52 Å². The normalized spacial score (nSPS) is 11.3. The monoisotopic (exact) mass is 329 g/mol. The van der Waals surface area contributed by atoms with Crippen molar-refractivity contribution in [3.05, 3.63) is 71.9 Å². The van der Waals surface area contributed by atoms with Crippen molar-refractivity contribution in [2.45, 2.75) is 18.2 Å². The van der Waals surface area contributed by atoms with Gasteiger partial charge in [0.25, 0.3) is 10.0 Å². The number of anilines is 1. The quantitative estimate of drug-likeness (QED) is 0.778. The molecule has 0 aliphatic carbocycles. The first-order valence-electron chi connectivity index (χ1n) is 6.99. The second-order valence-electron chi connectivity index (χ2n) is 4.99. The molecule has 1 heterocycles. The lowest BCUT2D eigenvalue weighted by Gasteiger charge is -2.11. The molecule has 0 aliphatic rings. The Labute approximate surface area is 134 Å². The van der Waals surface area contributed by atoms with Gasteiger partial charge >= 0.3 is 0 Å². The number of aryl methyl sites for hydroxylation is 1. The Kier molecular flexibility index (Phi) is 4.12. The molecule has 3 rings (SSSR count). The van der Waals surface area contributed by atoms with E-state index in [1.807, 2.05) is 12.1 Å². The maximum absolute atomic E-state index is 12.4. The third kappa shape index (κ3) is 3.57. The number of nitrogens with one attached hydrogen (secondary N) is 1. The van der Waals surface area contributed by atoms with Gasteiger partial charge in [-0.05, 0) is 30.7 Å². The Bertz CT molecular complexity index is 905. The van der Waals surface area contributed by atoms with Crippen molar-refractivity contribution >= 4 is 15.7 Å². The van der Waals surface area contributed by atoms with Gasteiger partial charge in [-0.15, -0.1) is 0 Å². The smallest absolute Gasteiger partial charge is 0.261 e. The summed E-state index contributed by atoms with van der Waals surface area (Å²) < 4.78 is 32.6. The molecule has 0 atom stereocenters. The van der Waals surface area contributed by atoms with Gasteiger partial charge in [0.05, 0.1) is 17.0 Å². The summed E-state index contributed by atoms with van der Waals surface area (Å²) in [7, 11) is -3.64. The fraction of sp³-hybridized carbons (Fsp3) is 0.125. The van der Waals surface area contributed by atoms with Crippen molar-refractivity contribution in [3.8, 4) is 0 Å². The molecule has 2 aromatic carbocycles. The highest BCUT2D eigenvalue weighted by Crippen LogP contribution is 2.22. The number of hydrogen-bond acceptors (Lipinski definition) is 5. The molecule has 0 aliphatic heterocycles. The largest absolute Gasteiger partial charge is 0.339 e. The molecule has 0 fully saturated rings. The van der Waals surface area contributed by atoms with E-state index >= 15 is 0 Å². The van der Waals surface area contributed by atoms with Crippen LogP contribution >= 0.6 is 0 Å². The highest BCUT2D eigenvalue weighted by atomic mass is 32.2. The number of sulfonamides is 1. The average molecular weight is 329 g/mol. The average Bonchev–Trinajstić information content (AvgIpc) is 2.95. The number of nitrogens with zero attached hydrogens (tertiary/aromatic N) is 2. The van der Waals surface area contributed by atoms with E-state index in [1.54, 1.807) is 49.4 Å². The predicted octanol–water partition coefficient (Wildman–Crippen LogP) is 2.77. The van der Waals surface area contributed by atoms with Crippen LogP contribution in [0.3, 0.4) is 0 Å². The maximum atomic E-state index is 12.4. The molecule has 0 saturated carbocycles. The Morgan fingerprint density at radius 2 is 1.74 bits per heavy atom. The third-order valence-electron chi connectivity index (χ3n) is 3.23. The summed E-state index contributed by atoms with van der Waals surface area (Å²) in [5, 5.41) is 3.74. The summed E-state index contributed by atoms with van der Waals surface area (Å²) in [6.07, 6.45) is 0.355. The van der Waals surface area contributed by atoms with Gasteiger partial charge in [0.2, 0.25) is 5.89 Å². The lowest BCUT2D eigenvalue weighted by molar-refractivity contribution is 0.381. The van der Waals surface area contributed by atoms with Crippen LogP contribution in [0.15, 0.2) is 64.0 Å². The molecule has 1 N–H and O–H groups in total. The van der Waals surface area contributed by atoms with E-state index in [2.05, 4.69) is 14.9 Å². The van der Waals surface area contributed by atoms with E-state index in [0.29, 0.717) is 23.8 Å². The summed E-state index contributed by atoms with van der Waals surface area (Å²) >= 11 is 0. The van der Waals surface area contributed by atoms with Crippen molar-refractivity contribution in [1.82, 2.24) is 10.1 Å². The number of rotatable bonds is 5. The lowest BCUT2D eigenvalue weighted by atomic mass is 10.1. The van der Waals surface area contributed by atoms with Gasteiger partial charge in [-0.1, -0.05) is 41.6 Å². The fourth-order valence-corrected chi connectivity index (χ4v) is 3.27. The summed E-state index contributed by atoms with van der Waals surface area (Å²) in [6, 6.07) is 15.4. The number of hydrogen-bond donors (Lipinski definition) is 1. The summed E-state index contributed by atoms with van der Waals surface area (Å²) in [5.74, 6) is 0.983. The zero-order valence-corrected chi connectivity index (χ0v) is 13.2. The zero-order chi connectivity index (χ0) is 16.3. The van der Waals surface area contributed by atoms with Crippen LogP contribution in [0.1, 0.15) is 17.3 Å². The van der Waals surface area contributed by atoms with Crippen LogP contribution in [0.25, 0.3) is 0 Å². The Balaban J connectivity index is 1.89. The highest BCUT2D eigenvalue weighted by Gasteiger charge is 2.16. The molecule has 0 saturated heterocycles. The molecule has 0 amide bonds. The van der Waals surface area contributed by atoms with E-state index in [0.717, 1.165) is 5.56 Å². The summed E-state index contributed by atoms with van der Waals surface area (Å²) in [6.45, 7) is 1.73. The maximum Gasteiger partial charge on any atom is 0.261 e. The minimum atomic E-state index is -3.64. The van der Waals surface area contributed by atoms with Gasteiger partial charge in [0.1, 0.15) is 0 Å². The van der Waals surface area contributed by atoms with Crippen molar-refractivity contribution in [2.75, 3.05) is 4.72 Å². The predicted molar refractivity (Wildman–Crippen MR) is 85.5 cm³/mol. The molecule has 3 aromatic rings. The summed E-state index contributed by atoms with van der Waals surface area (Å²) in [4.78, 5) is 4.36. The third-order valence-corrected chi connectivity index (χ3v) is 4.61. The Morgan fingerprint density at radius 1 is 1.04 bits per heavy atom. The van der Waals surface area contributed by atoms with Crippen LogP contribution in [0, 0.1) is 6.92 Å². The molecular formula is C16H15N3O3S. The minimum Gasteiger partial charge on any atom is -0.339 e. The first-order valence-corrected chi connectivity index (χ1v) is 8.48. The molecule has 6 nitrogen and oxygen atoms in total. The minimum absolute atomic E-state index is 0.212. The first kappa shape index (κ1) is 15.2. The number of benzene rings is 2. The molecule has 23 heavy (non-hydrogen) atoms. The van der Waals surface area contributed by atoms with E-state index in [1.165, 1.54) is 0 Å². The van der Waals surface area contributed by atoms with Crippen LogP contribution in [0.5, 0.6) is 0 Å². The number of aromatic nitrogens is 2. The highest BCUT2D eigenvalue weighted by molar-refractivity contribution is 7.92. The molecular weight excluding hydrogens is 314 g/mol. The van der Waals surface area contributed by atoms with Gasteiger partial charge in [0, 0.05) is 0 Å². The SMILES string of the molecule is Cc1noc(Cc2ccccc2NS(=O)(=O)c2ccccc2)n1. The van der Waals surface area contributed by atoms with Gasteiger partial charge in [0.15, 0.2) is 5.82 Å². The Morgan fingerprint density at radius 3 is 2.43 bits per heavy atom. The van der Waals surface area contributed by atoms with Gasteiger partial charge in [-0.2, -0.15) is 4.98 Å². The molecule has 0 unspecified atom stereocenters. The molecule has 0 radical (unpaired) electrons. The van der Waals surface area contributed by atoms with E-state index in [4.69, 9.17) is 4.52 Å². The van der Waals surface area contributed by atoms with Crippen molar-refractivity contribution < 1.29 is 12.9 Å². The number of para-hydroxylation sites is 1. The van der Waals surface area contributed by atoms with Crippen LogP contribution in [-0.4, -0.2) is 18.6 Å². The van der Waals surface area contributed by atoms with Crippen molar-refractivity contribution in [3.63, 3.8) is 0 Å². The van der Waals surface area contributed by atoms with Gasteiger partial charge in [-0.3, -0.25) is 4.72 Å². The van der Waals surface area contributed by atoms with Crippen LogP contribution in [0.4, 0.5) is 5.69 Å². The zero-order valence-electron chi connectivity index (χ0n) is 12.4. The van der Waals surface area contributed by atoms with Crippen molar-refractivity contribution in [1.29, 1.82) is 0 Å². The van der Waals surface area contributed by atoms with Gasteiger partial charge in [-0.25, -0.2) is 8.42 Å². The lowest BCUT2D eigenvalue weighted by Crippen LogP contribution is -2.14. The first-order chi connectivity index (χ1) is 11.0. The standard InChI is InChI=1S/C16H15N3O3S/c1-12-17-16(22-18-12)11-13-7-5-6-10-15(13)19-23(20,21)14-8-3-2-4-9-14/h2-10,19H,11H2,1H3. The van der Waals surface area contributed by atoms with Crippen LogP contribution < -0.4 is 4.72 Å². The summed E-state index contributed by atoms with van der Waals surface area (Å²) in [5.41, 5.74) is 1.25. The molecule has 118 valence electrons.